The SMILES string of the molecule is Cc1nn(Cc2cccc(F)c2)c(C)c1NC(=O)c1ccc([N+](=O)[O-])cc1. The first-order valence-corrected chi connectivity index (χ1v) is 8.19. The van der Waals surface area contributed by atoms with E-state index in [2.05, 4.69) is 10.4 Å². The molecule has 0 aliphatic rings. The van der Waals surface area contributed by atoms with Crippen molar-refractivity contribution >= 4 is 17.3 Å². The zero-order valence-electron chi connectivity index (χ0n) is 14.8. The second kappa shape index (κ2) is 7.36. The van der Waals surface area contributed by atoms with Gasteiger partial charge in [-0.3, -0.25) is 19.6 Å². The van der Waals surface area contributed by atoms with E-state index in [0.717, 1.165) is 11.3 Å². The number of non-ortho nitro benzene ring substituents is 1. The molecule has 8 heteroatoms. The fraction of sp³-hybridized carbons (Fsp3) is 0.158. The molecule has 0 spiro atoms. The number of hydrogen-bond donors (Lipinski definition) is 1. The molecule has 1 heterocycles. The number of halogens is 1. The summed E-state index contributed by atoms with van der Waals surface area (Å²) < 4.78 is 15.1. The molecule has 0 saturated heterocycles. The Morgan fingerprint density at radius 2 is 1.93 bits per heavy atom. The van der Waals surface area contributed by atoms with Crippen LogP contribution in [0.1, 0.15) is 27.3 Å². The molecular weight excluding hydrogens is 351 g/mol. The van der Waals surface area contributed by atoms with Crippen molar-refractivity contribution in [3.8, 4) is 0 Å². The maximum Gasteiger partial charge on any atom is 0.269 e. The first-order chi connectivity index (χ1) is 12.8. The third-order valence-corrected chi connectivity index (χ3v) is 4.18. The third kappa shape index (κ3) is 4.00. The van der Waals surface area contributed by atoms with Crippen LogP contribution in [0.15, 0.2) is 48.5 Å². The molecule has 0 bridgehead atoms. The zero-order chi connectivity index (χ0) is 19.6. The number of hydrogen-bond acceptors (Lipinski definition) is 4. The highest BCUT2D eigenvalue weighted by atomic mass is 19.1. The number of aromatic nitrogens is 2. The Morgan fingerprint density at radius 3 is 2.56 bits per heavy atom. The summed E-state index contributed by atoms with van der Waals surface area (Å²) in [5.74, 6) is -0.706. The standard InChI is InChI=1S/C19H17FN4O3/c1-12-18(21-19(25)15-6-8-17(9-7-15)24(26)27)13(2)23(22-12)11-14-4-3-5-16(20)10-14/h3-10H,11H2,1-2H3,(H,21,25). The molecule has 2 aromatic carbocycles. The van der Waals surface area contributed by atoms with Crippen LogP contribution in [0.25, 0.3) is 0 Å². The first kappa shape index (κ1) is 18.2. The number of nitro groups is 1. The van der Waals surface area contributed by atoms with Crippen molar-refractivity contribution in [2.24, 2.45) is 0 Å². The summed E-state index contributed by atoms with van der Waals surface area (Å²) in [6.07, 6.45) is 0. The summed E-state index contributed by atoms with van der Waals surface area (Å²) >= 11 is 0. The van der Waals surface area contributed by atoms with Crippen LogP contribution in [0.3, 0.4) is 0 Å². The van der Waals surface area contributed by atoms with E-state index >= 15 is 0 Å². The summed E-state index contributed by atoms with van der Waals surface area (Å²) in [4.78, 5) is 22.6. The van der Waals surface area contributed by atoms with Crippen molar-refractivity contribution in [1.82, 2.24) is 9.78 Å². The molecule has 0 atom stereocenters. The maximum absolute atomic E-state index is 13.4. The van der Waals surface area contributed by atoms with E-state index in [4.69, 9.17) is 0 Å². The lowest BCUT2D eigenvalue weighted by molar-refractivity contribution is -0.384. The molecule has 3 aromatic rings. The van der Waals surface area contributed by atoms with E-state index < -0.39 is 4.92 Å². The van der Waals surface area contributed by atoms with E-state index in [9.17, 15) is 19.3 Å². The van der Waals surface area contributed by atoms with Crippen LogP contribution in [0.4, 0.5) is 15.8 Å². The largest absolute Gasteiger partial charge is 0.319 e. The minimum atomic E-state index is -0.521. The van der Waals surface area contributed by atoms with Crippen LogP contribution in [0.2, 0.25) is 0 Å². The van der Waals surface area contributed by atoms with Crippen LogP contribution >= 0.6 is 0 Å². The van der Waals surface area contributed by atoms with Gasteiger partial charge < -0.3 is 5.32 Å². The monoisotopic (exact) mass is 368 g/mol. The highest BCUT2D eigenvalue weighted by molar-refractivity contribution is 6.05. The molecule has 3 rings (SSSR count). The Labute approximate surface area is 154 Å². The molecule has 138 valence electrons. The average molecular weight is 368 g/mol. The van der Waals surface area contributed by atoms with E-state index in [-0.39, 0.29) is 17.4 Å². The van der Waals surface area contributed by atoms with Gasteiger partial charge in [0.15, 0.2) is 0 Å². The van der Waals surface area contributed by atoms with E-state index in [0.29, 0.717) is 23.5 Å². The molecule has 0 saturated carbocycles. The molecule has 0 fully saturated rings. The predicted molar refractivity (Wildman–Crippen MR) is 98.3 cm³/mol. The van der Waals surface area contributed by atoms with Crippen molar-refractivity contribution in [3.63, 3.8) is 0 Å². The number of carbonyl (C=O) groups excluding carboxylic acids is 1. The Bertz CT molecular complexity index is 1010. The molecule has 7 nitrogen and oxygen atoms in total. The number of rotatable bonds is 5. The van der Waals surface area contributed by atoms with Crippen LogP contribution in [0.5, 0.6) is 0 Å². The van der Waals surface area contributed by atoms with Gasteiger partial charge in [0, 0.05) is 17.7 Å². The Kier molecular flexibility index (Phi) is 4.98. The molecule has 1 amide bonds. The van der Waals surface area contributed by atoms with E-state index in [1.54, 1.807) is 23.7 Å². The van der Waals surface area contributed by atoms with Gasteiger partial charge in [-0.1, -0.05) is 12.1 Å². The van der Waals surface area contributed by atoms with Gasteiger partial charge in [0.25, 0.3) is 11.6 Å². The molecule has 0 unspecified atom stereocenters. The van der Waals surface area contributed by atoms with Gasteiger partial charge in [0.1, 0.15) is 5.82 Å². The lowest BCUT2D eigenvalue weighted by Crippen LogP contribution is -2.13. The van der Waals surface area contributed by atoms with Crippen LogP contribution < -0.4 is 5.32 Å². The molecule has 0 radical (unpaired) electrons. The second-order valence-corrected chi connectivity index (χ2v) is 6.09. The van der Waals surface area contributed by atoms with Gasteiger partial charge in [-0.05, 0) is 43.7 Å². The normalized spacial score (nSPS) is 10.6. The minimum absolute atomic E-state index is 0.0816. The smallest absolute Gasteiger partial charge is 0.269 e. The number of nitro benzene ring substituents is 1. The van der Waals surface area contributed by atoms with Crippen molar-refractivity contribution in [2.75, 3.05) is 5.32 Å². The number of carbonyl (C=O) groups is 1. The predicted octanol–water partition coefficient (Wildman–Crippen LogP) is 3.85. The summed E-state index contributed by atoms with van der Waals surface area (Å²) in [6, 6.07) is 11.6. The Morgan fingerprint density at radius 1 is 1.22 bits per heavy atom. The summed E-state index contributed by atoms with van der Waals surface area (Å²) in [6.45, 7) is 3.95. The number of nitrogens with one attached hydrogen (secondary N) is 1. The van der Waals surface area contributed by atoms with Gasteiger partial charge in [-0.15, -0.1) is 0 Å². The zero-order valence-corrected chi connectivity index (χ0v) is 14.8. The molecule has 1 aromatic heterocycles. The molecule has 0 aliphatic carbocycles. The van der Waals surface area contributed by atoms with Crippen molar-refractivity contribution in [1.29, 1.82) is 0 Å². The molecule has 0 aliphatic heterocycles. The fourth-order valence-electron chi connectivity index (χ4n) is 2.76. The average Bonchev–Trinajstić information content (AvgIpc) is 2.89. The topological polar surface area (TPSA) is 90.1 Å². The van der Waals surface area contributed by atoms with E-state index in [1.165, 1.54) is 36.4 Å². The highest BCUT2D eigenvalue weighted by Crippen LogP contribution is 2.22. The lowest BCUT2D eigenvalue weighted by atomic mass is 10.2. The Balaban J connectivity index is 1.80. The fourth-order valence-corrected chi connectivity index (χ4v) is 2.76. The van der Waals surface area contributed by atoms with Crippen LogP contribution in [-0.2, 0) is 6.54 Å². The van der Waals surface area contributed by atoms with Gasteiger partial charge in [-0.25, -0.2) is 4.39 Å². The van der Waals surface area contributed by atoms with Crippen LogP contribution in [-0.4, -0.2) is 20.6 Å². The number of aryl methyl sites for hydroxylation is 1. The van der Waals surface area contributed by atoms with Gasteiger partial charge in [0.05, 0.1) is 28.5 Å². The lowest BCUT2D eigenvalue weighted by Gasteiger charge is -2.07. The summed E-state index contributed by atoms with van der Waals surface area (Å²) in [7, 11) is 0. The third-order valence-electron chi connectivity index (χ3n) is 4.18. The van der Waals surface area contributed by atoms with Gasteiger partial charge in [-0.2, -0.15) is 5.10 Å². The van der Waals surface area contributed by atoms with Crippen molar-refractivity contribution in [2.45, 2.75) is 20.4 Å². The van der Waals surface area contributed by atoms with Gasteiger partial charge in [0.2, 0.25) is 0 Å². The summed E-state index contributed by atoms with van der Waals surface area (Å²) in [5.41, 5.74) is 2.90. The second-order valence-electron chi connectivity index (χ2n) is 6.09. The Hall–Kier alpha value is -3.55. The van der Waals surface area contributed by atoms with Crippen LogP contribution in [0, 0.1) is 29.8 Å². The molecule has 27 heavy (non-hydrogen) atoms. The number of amides is 1. The number of benzene rings is 2. The quantitative estimate of drug-likeness (QED) is 0.547. The van der Waals surface area contributed by atoms with E-state index in [1.807, 2.05) is 6.92 Å². The van der Waals surface area contributed by atoms with Gasteiger partial charge >= 0.3 is 0 Å². The molecule has 1 N–H and O–H groups in total. The highest BCUT2D eigenvalue weighted by Gasteiger charge is 2.16. The number of nitrogens with zero attached hydrogens (tertiary/aromatic N) is 3. The van der Waals surface area contributed by atoms with Crippen molar-refractivity contribution in [3.05, 3.63) is 87.0 Å². The number of anilines is 1. The van der Waals surface area contributed by atoms with Crippen molar-refractivity contribution < 1.29 is 14.1 Å². The summed E-state index contributed by atoms with van der Waals surface area (Å²) in [5, 5.41) is 17.9. The maximum atomic E-state index is 13.4. The first-order valence-electron chi connectivity index (χ1n) is 8.19. The minimum Gasteiger partial charge on any atom is -0.319 e. The molecular formula is C19H17FN4O3.